The molecule has 1 aliphatic heterocycles. The van der Waals surface area contributed by atoms with Gasteiger partial charge in [0.1, 0.15) is 30.2 Å². The lowest BCUT2D eigenvalue weighted by Gasteiger charge is -2.42. The first-order valence-corrected chi connectivity index (χ1v) is 6.19. The summed E-state index contributed by atoms with van der Waals surface area (Å²) in [5, 5.41) is 33.4. The Morgan fingerprint density at radius 3 is 2.30 bits per heavy atom. The molecular weight excluding hydrogens is 296 g/mol. The highest BCUT2D eigenvalue weighted by Crippen LogP contribution is 2.19. The van der Waals surface area contributed by atoms with Crippen molar-refractivity contribution in [1.29, 1.82) is 0 Å². The van der Waals surface area contributed by atoms with Gasteiger partial charge in [0.15, 0.2) is 6.23 Å². The molecule has 1 rings (SSSR count). The van der Waals surface area contributed by atoms with E-state index in [1.165, 1.54) is 6.92 Å². The number of alkyl halides is 1. The summed E-state index contributed by atoms with van der Waals surface area (Å²) in [6.07, 6.45) is -4.94. The summed E-state index contributed by atoms with van der Waals surface area (Å²) in [7, 11) is 0. The molecule has 0 aromatic carbocycles. The van der Waals surface area contributed by atoms with Crippen molar-refractivity contribution in [2.24, 2.45) is 0 Å². The third-order valence-electron chi connectivity index (χ3n) is 2.72. The third-order valence-corrected chi connectivity index (χ3v) is 2.96. The Morgan fingerprint density at radius 2 is 1.85 bits per heavy atom. The Balaban J connectivity index is 0.00000361. The molecule has 1 saturated heterocycles. The lowest BCUT2D eigenvalue weighted by atomic mass is 9.96. The van der Waals surface area contributed by atoms with E-state index < -0.39 is 49.0 Å². The molecule has 0 aliphatic carbocycles. The van der Waals surface area contributed by atoms with E-state index in [9.17, 15) is 19.8 Å². The number of carbonyl (C=O) groups excluding carboxylic acids is 2. The molecule has 5 atom stereocenters. The van der Waals surface area contributed by atoms with Gasteiger partial charge in [0.2, 0.25) is 11.8 Å². The number of ether oxygens (including phenoxy) is 1. The number of halogens is 1. The summed E-state index contributed by atoms with van der Waals surface area (Å²) in [5.41, 5.74) is 0. The van der Waals surface area contributed by atoms with Crippen molar-refractivity contribution in [3.63, 3.8) is 0 Å². The third kappa shape index (κ3) is 4.54. The Bertz CT molecular complexity index is 344. The fourth-order valence-corrected chi connectivity index (χ4v) is 1.91. The van der Waals surface area contributed by atoms with Crippen molar-refractivity contribution >= 4 is 23.4 Å². The molecule has 0 aromatic rings. The van der Waals surface area contributed by atoms with Gasteiger partial charge in [-0.3, -0.25) is 9.59 Å². The number of amides is 2. The summed E-state index contributed by atoms with van der Waals surface area (Å²) in [4.78, 5) is 22.3. The quantitative estimate of drug-likeness (QED) is 0.338. The van der Waals surface area contributed by atoms with E-state index in [1.807, 2.05) is 0 Å². The first-order chi connectivity index (χ1) is 8.90. The largest absolute Gasteiger partial charge is 0.412 e. The minimum Gasteiger partial charge on any atom is -0.412 e. The van der Waals surface area contributed by atoms with Crippen LogP contribution >= 0.6 is 11.6 Å². The number of rotatable bonds is 4. The van der Waals surface area contributed by atoms with E-state index in [2.05, 4.69) is 10.6 Å². The summed E-state index contributed by atoms with van der Waals surface area (Å²) >= 11 is 5.34. The van der Waals surface area contributed by atoms with Crippen LogP contribution in [0.3, 0.4) is 0 Å². The first kappa shape index (κ1) is 19.0. The van der Waals surface area contributed by atoms with Gasteiger partial charge in [-0.15, -0.1) is 11.6 Å². The maximum Gasteiger partial charge on any atom is 0.236 e. The van der Waals surface area contributed by atoms with Crippen LogP contribution in [0.25, 0.3) is 0 Å². The molecule has 118 valence electrons. The number of aliphatic hydroxyl groups is 3. The standard InChI is InChI=1S/C10H17ClN2O6.H2O/c1-4(15)12-7-9(18)8(17)5(3-14)19-10(7)13-6(16)2-11;/h5,7-10,14,17-18H,2-3H2,1H3,(H,12,15)(H,13,16);1H2/t5-,7-,8-,9-,10-;/m1./s1. The summed E-state index contributed by atoms with van der Waals surface area (Å²) in [6, 6.07) is -1.04. The van der Waals surface area contributed by atoms with Crippen LogP contribution in [0.1, 0.15) is 6.92 Å². The Morgan fingerprint density at radius 1 is 1.25 bits per heavy atom. The van der Waals surface area contributed by atoms with Crippen LogP contribution in [0.15, 0.2) is 0 Å². The van der Waals surface area contributed by atoms with Gasteiger partial charge >= 0.3 is 0 Å². The molecule has 0 bridgehead atoms. The highest BCUT2D eigenvalue weighted by Gasteiger charge is 2.45. The highest BCUT2D eigenvalue weighted by atomic mass is 35.5. The lowest BCUT2D eigenvalue weighted by Crippen LogP contribution is -2.68. The molecule has 9 nitrogen and oxygen atoms in total. The smallest absolute Gasteiger partial charge is 0.236 e. The Hall–Kier alpha value is -0.970. The van der Waals surface area contributed by atoms with E-state index in [1.54, 1.807) is 0 Å². The number of hydrogen-bond donors (Lipinski definition) is 5. The van der Waals surface area contributed by atoms with Crippen LogP contribution < -0.4 is 10.6 Å². The van der Waals surface area contributed by atoms with Crippen LogP contribution in [-0.2, 0) is 14.3 Å². The maximum absolute atomic E-state index is 11.3. The van der Waals surface area contributed by atoms with Crippen molar-refractivity contribution in [2.75, 3.05) is 12.5 Å². The molecule has 1 heterocycles. The molecule has 0 radical (unpaired) electrons. The van der Waals surface area contributed by atoms with Crippen LogP contribution in [0.5, 0.6) is 0 Å². The molecule has 0 aromatic heterocycles. The molecule has 0 saturated carbocycles. The molecule has 1 fully saturated rings. The highest BCUT2D eigenvalue weighted by molar-refractivity contribution is 6.27. The normalized spacial score (nSPS) is 33.0. The average Bonchev–Trinajstić information content (AvgIpc) is 2.37. The predicted molar refractivity (Wildman–Crippen MR) is 67.8 cm³/mol. The SMILES string of the molecule is CC(=O)N[C@@H]1[C@@H](O)[C@H](O)[C@@H](CO)O[C@H]1NC(=O)CCl.O. The number of aliphatic hydroxyl groups excluding tert-OH is 3. The maximum atomic E-state index is 11.3. The first-order valence-electron chi connectivity index (χ1n) is 5.65. The zero-order valence-electron chi connectivity index (χ0n) is 10.7. The van der Waals surface area contributed by atoms with Gasteiger partial charge in [0.25, 0.3) is 0 Å². The number of carbonyl (C=O) groups is 2. The number of hydrogen-bond acceptors (Lipinski definition) is 6. The lowest BCUT2D eigenvalue weighted by molar-refractivity contribution is -0.203. The average molecular weight is 315 g/mol. The molecule has 0 spiro atoms. The summed E-state index contributed by atoms with van der Waals surface area (Å²) < 4.78 is 5.24. The summed E-state index contributed by atoms with van der Waals surface area (Å²) in [5.74, 6) is -1.36. The van der Waals surface area contributed by atoms with E-state index in [0.717, 1.165) is 0 Å². The van der Waals surface area contributed by atoms with Crippen LogP contribution in [0, 0.1) is 0 Å². The van der Waals surface area contributed by atoms with Gasteiger partial charge in [-0.25, -0.2) is 0 Å². The second-order valence-corrected chi connectivity index (χ2v) is 4.45. The van der Waals surface area contributed by atoms with Gasteiger partial charge in [-0.05, 0) is 0 Å². The molecule has 1 aliphatic rings. The van der Waals surface area contributed by atoms with E-state index >= 15 is 0 Å². The van der Waals surface area contributed by atoms with Gasteiger partial charge < -0.3 is 36.2 Å². The van der Waals surface area contributed by atoms with Crippen molar-refractivity contribution in [3.8, 4) is 0 Å². The summed E-state index contributed by atoms with van der Waals surface area (Å²) in [6.45, 7) is 0.677. The zero-order valence-corrected chi connectivity index (χ0v) is 11.5. The molecule has 20 heavy (non-hydrogen) atoms. The minimum absolute atomic E-state index is 0. The fourth-order valence-electron chi connectivity index (χ4n) is 1.83. The second-order valence-electron chi connectivity index (χ2n) is 4.19. The van der Waals surface area contributed by atoms with Gasteiger partial charge in [-0.2, -0.15) is 0 Å². The number of nitrogens with one attached hydrogen (secondary N) is 2. The van der Waals surface area contributed by atoms with E-state index in [-0.39, 0.29) is 11.4 Å². The molecule has 2 amide bonds. The predicted octanol–water partition coefficient (Wildman–Crippen LogP) is -3.54. The fraction of sp³-hybridized carbons (Fsp3) is 0.800. The van der Waals surface area contributed by atoms with Crippen LogP contribution in [0.2, 0.25) is 0 Å². The second kappa shape index (κ2) is 8.35. The monoisotopic (exact) mass is 314 g/mol. The molecule has 0 unspecified atom stereocenters. The van der Waals surface area contributed by atoms with Crippen LogP contribution in [0.4, 0.5) is 0 Å². The molecule has 7 N–H and O–H groups in total. The van der Waals surface area contributed by atoms with Gasteiger partial charge in [0.05, 0.1) is 6.61 Å². The topological polar surface area (TPSA) is 160 Å². The van der Waals surface area contributed by atoms with E-state index in [0.29, 0.717) is 0 Å². The molecular formula is C10H19ClN2O7. The van der Waals surface area contributed by atoms with Crippen molar-refractivity contribution in [1.82, 2.24) is 10.6 Å². The van der Waals surface area contributed by atoms with Crippen LogP contribution in [-0.4, -0.2) is 75.7 Å². The van der Waals surface area contributed by atoms with Gasteiger partial charge in [-0.1, -0.05) is 0 Å². The van der Waals surface area contributed by atoms with Gasteiger partial charge in [0, 0.05) is 6.92 Å². The minimum atomic E-state index is -1.39. The van der Waals surface area contributed by atoms with Crippen molar-refractivity contribution in [2.45, 2.75) is 37.5 Å². The molecule has 10 heteroatoms. The zero-order chi connectivity index (χ0) is 14.6. The van der Waals surface area contributed by atoms with E-state index in [4.69, 9.17) is 21.4 Å². The van der Waals surface area contributed by atoms with Crippen molar-refractivity contribution < 1.29 is 35.1 Å². The Kier molecular flexibility index (Phi) is 7.94. The Labute approximate surface area is 120 Å². The van der Waals surface area contributed by atoms with Crippen molar-refractivity contribution in [3.05, 3.63) is 0 Å².